The van der Waals surface area contributed by atoms with Crippen LogP contribution >= 0.6 is 0 Å². The predicted octanol–water partition coefficient (Wildman–Crippen LogP) is 5.75. The van der Waals surface area contributed by atoms with Crippen molar-refractivity contribution >= 4 is 16.9 Å². The third-order valence-corrected chi connectivity index (χ3v) is 6.48. The van der Waals surface area contributed by atoms with Crippen molar-refractivity contribution < 1.29 is 41.0 Å². The second kappa shape index (κ2) is 8.87. The van der Waals surface area contributed by atoms with Crippen molar-refractivity contribution in [3.8, 4) is 0 Å². The molecule has 1 N–H and O–H groups in total. The third kappa shape index (κ3) is 4.76. The summed E-state index contributed by atoms with van der Waals surface area (Å²) in [6, 6.07) is 23.0. The lowest BCUT2D eigenvalue weighted by Crippen LogP contribution is -2.59. The molecule has 0 radical (unpaired) electrons. The van der Waals surface area contributed by atoms with Gasteiger partial charge in [0.05, 0.1) is 16.5 Å². The SMILES string of the molecule is O=C(OC(O)(C(F)(F)F)C(F)(F)F)c1cccc([S+](c2ccccc2)c2ccccc2)c1. The van der Waals surface area contributed by atoms with Crippen LogP contribution in [0.5, 0.6) is 0 Å². The lowest BCUT2D eigenvalue weighted by atomic mass is 10.2. The molecule has 0 aliphatic rings. The summed E-state index contributed by atoms with van der Waals surface area (Å²) in [4.78, 5) is 14.3. The lowest BCUT2D eigenvalue weighted by Gasteiger charge is -2.31. The van der Waals surface area contributed by atoms with Gasteiger partial charge in [0.25, 0.3) is 0 Å². The number of hydrogen-bond acceptors (Lipinski definition) is 3. The number of benzene rings is 3. The molecule has 32 heavy (non-hydrogen) atoms. The fourth-order valence-electron chi connectivity index (χ4n) is 2.74. The van der Waals surface area contributed by atoms with E-state index in [0.29, 0.717) is 4.90 Å². The Morgan fingerprint density at radius 1 is 0.688 bits per heavy atom. The number of rotatable bonds is 5. The molecule has 0 aromatic heterocycles. The summed E-state index contributed by atoms with van der Waals surface area (Å²) < 4.78 is 80.9. The second-order valence-corrected chi connectivity index (χ2v) is 8.52. The van der Waals surface area contributed by atoms with Crippen molar-refractivity contribution in [1.82, 2.24) is 0 Å². The number of esters is 1. The third-order valence-electron chi connectivity index (χ3n) is 4.27. The molecular formula is C22H15F6O3S+. The molecule has 0 aliphatic heterocycles. The topological polar surface area (TPSA) is 46.5 Å². The first kappa shape index (κ1) is 23.7. The highest BCUT2D eigenvalue weighted by atomic mass is 32.2. The number of aliphatic hydroxyl groups is 1. The van der Waals surface area contributed by atoms with E-state index < -0.39 is 40.6 Å². The summed E-state index contributed by atoms with van der Waals surface area (Å²) in [5.41, 5.74) is -0.571. The van der Waals surface area contributed by atoms with Gasteiger partial charge in [-0.2, -0.15) is 26.3 Å². The van der Waals surface area contributed by atoms with Gasteiger partial charge in [0.15, 0.2) is 14.7 Å². The van der Waals surface area contributed by atoms with E-state index in [1.165, 1.54) is 6.07 Å². The van der Waals surface area contributed by atoms with Crippen LogP contribution in [0.3, 0.4) is 0 Å². The molecular weight excluding hydrogens is 458 g/mol. The predicted molar refractivity (Wildman–Crippen MR) is 104 cm³/mol. The molecule has 0 bridgehead atoms. The average molecular weight is 473 g/mol. The molecule has 0 saturated heterocycles. The lowest BCUT2D eigenvalue weighted by molar-refractivity contribution is -0.441. The van der Waals surface area contributed by atoms with Crippen LogP contribution in [0.15, 0.2) is 99.6 Å². The van der Waals surface area contributed by atoms with E-state index in [0.717, 1.165) is 21.9 Å². The van der Waals surface area contributed by atoms with Crippen LogP contribution in [0.1, 0.15) is 10.4 Å². The number of ether oxygens (including phenoxy) is 1. The first-order chi connectivity index (χ1) is 14.9. The van der Waals surface area contributed by atoms with Crippen molar-refractivity contribution in [3.63, 3.8) is 0 Å². The number of halogens is 6. The summed E-state index contributed by atoms with van der Waals surface area (Å²) >= 11 is 0. The van der Waals surface area contributed by atoms with Gasteiger partial charge in [-0.1, -0.05) is 42.5 Å². The van der Waals surface area contributed by atoms with Gasteiger partial charge in [0, 0.05) is 6.07 Å². The normalized spacial score (nSPS) is 12.6. The minimum absolute atomic E-state index is 0.458. The van der Waals surface area contributed by atoms with Gasteiger partial charge in [-0.15, -0.1) is 0 Å². The molecule has 3 nitrogen and oxygen atoms in total. The van der Waals surface area contributed by atoms with E-state index in [9.17, 15) is 31.1 Å². The van der Waals surface area contributed by atoms with Crippen LogP contribution in [0, 0.1) is 0 Å². The van der Waals surface area contributed by atoms with E-state index in [2.05, 4.69) is 4.74 Å². The Kier molecular flexibility index (Phi) is 6.56. The molecule has 0 amide bonds. The van der Waals surface area contributed by atoms with E-state index in [1.807, 2.05) is 24.3 Å². The number of carbonyl (C=O) groups is 1. The zero-order valence-corrected chi connectivity index (χ0v) is 16.8. The van der Waals surface area contributed by atoms with E-state index in [-0.39, 0.29) is 0 Å². The molecule has 10 heteroatoms. The molecule has 0 saturated carbocycles. The monoisotopic (exact) mass is 473 g/mol. The van der Waals surface area contributed by atoms with Gasteiger partial charge in [-0.3, -0.25) is 0 Å². The van der Waals surface area contributed by atoms with Crippen LogP contribution in [0.25, 0.3) is 0 Å². The minimum atomic E-state index is -6.28. The summed E-state index contributed by atoms with van der Waals surface area (Å²) in [6.07, 6.45) is -12.6. The quantitative estimate of drug-likeness (QED) is 0.222. The Morgan fingerprint density at radius 2 is 1.12 bits per heavy atom. The maximum Gasteiger partial charge on any atom is 0.465 e. The summed E-state index contributed by atoms with van der Waals surface area (Å²) in [5, 5.41) is 9.16. The zero-order chi connectivity index (χ0) is 23.6. The first-order valence-corrected chi connectivity index (χ1v) is 10.2. The molecule has 0 atom stereocenters. The first-order valence-electron chi connectivity index (χ1n) is 8.97. The molecule has 3 aromatic carbocycles. The summed E-state index contributed by atoms with van der Waals surface area (Å²) in [7, 11) is -0.813. The van der Waals surface area contributed by atoms with Gasteiger partial charge < -0.3 is 9.84 Å². The zero-order valence-electron chi connectivity index (χ0n) is 16.0. The van der Waals surface area contributed by atoms with Gasteiger partial charge in [0.1, 0.15) is 0 Å². The Morgan fingerprint density at radius 3 is 1.56 bits per heavy atom. The van der Waals surface area contributed by atoms with Gasteiger partial charge >= 0.3 is 24.1 Å². The smallest absolute Gasteiger partial charge is 0.412 e. The van der Waals surface area contributed by atoms with E-state index >= 15 is 0 Å². The van der Waals surface area contributed by atoms with Gasteiger partial charge in [-0.05, 0) is 36.4 Å². The second-order valence-electron chi connectivity index (χ2n) is 6.49. The molecule has 0 heterocycles. The van der Waals surface area contributed by atoms with Crippen molar-refractivity contribution in [3.05, 3.63) is 90.5 Å². The fourth-order valence-corrected chi connectivity index (χ4v) is 4.88. The Balaban J connectivity index is 2.02. The maximum atomic E-state index is 12.9. The number of carbonyl (C=O) groups excluding carboxylic acids is 1. The molecule has 0 fully saturated rings. The highest BCUT2D eigenvalue weighted by molar-refractivity contribution is 7.97. The van der Waals surface area contributed by atoms with E-state index in [1.54, 1.807) is 42.5 Å². The number of alkyl halides is 6. The Labute approximate surface area is 181 Å². The van der Waals surface area contributed by atoms with Crippen molar-refractivity contribution in [2.45, 2.75) is 32.8 Å². The molecule has 3 rings (SSSR count). The van der Waals surface area contributed by atoms with Gasteiger partial charge in [0.2, 0.25) is 0 Å². The standard InChI is InChI=1S/C22H15F6O3S/c23-21(24,25)20(30,22(26,27)28)31-19(29)15-8-7-13-18(14-15)32(16-9-3-1-4-10-16)17-11-5-2-6-12-17/h1-14,30H/q+1. The Bertz CT molecular complexity index is 1010. The van der Waals surface area contributed by atoms with Crippen molar-refractivity contribution in [2.75, 3.05) is 0 Å². The summed E-state index contributed by atoms with van der Waals surface area (Å²) in [6.45, 7) is 0. The van der Waals surface area contributed by atoms with Crippen LogP contribution in [-0.4, -0.2) is 29.2 Å². The maximum absolute atomic E-state index is 12.9. The highest BCUT2D eigenvalue weighted by Gasteiger charge is 2.74. The van der Waals surface area contributed by atoms with Gasteiger partial charge in [-0.25, -0.2) is 4.79 Å². The molecule has 3 aromatic rings. The highest BCUT2D eigenvalue weighted by Crippen LogP contribution is 2.44. The molecule has 0 aliphatic carbocycles. The van der Waals surface area contributed by atoms with E-state index in [4.69, 9.17) is 5.11 Å². The number of hydrogen-bond donors (Lipinski definition) is 1. The molecule has 0 unspecified atom stereocenters. The fraction of sp³-hybridized carbons (Fsp3) is 0.136. The largest absolute Gasteiger partial charge is 0.465 e. The van der Waals surface area contributed by atoms with Crippen molar-refractivity contribution in [1.29, 1.82) is 0 Å². The van der Waals surface area contributed by atoms with Crippen LogP contribution < -0.4 is 0 Å². The molecule has 168 valence electrons. The van der Waals surface area contributed by atoms with Crippen LogP contribution in [0.4, 0.5) is 26.3 Å². The molecule has 0 spiro atoms. The van der Waals surface area contributed by atoms with Crippen LogP contribution in [-0.2, 0) is 15.6 Å². The average Bonchev–Trinajstić information content (AvgIpc) is 2.74. The summed E-state index contributed by atoms with van der Waals surface area (Å²) in [5.74, 6) is -7.60. The minimum Gasteiger partial charge on any atom is -0.412 e. The Hall–Kier alpha value is -2.98. The van der Waals surface area contributed by atoms with Crippen molar-refractivity contribution in [2.24, 2.45) is 0 Å². The van der Waals surface area contributed by atoms with Crippen LogP contribution in [0.2, 0.25) is 0 Å².